The van der Waals surface area contributed by atoms with Crippen molar-refractivity contribution in [3.8, 4) is 17.2 Å². The minimum Gasteiger partial charge on any atom is -0.497 e. The van der Waals surface area contributed by atoms with Crippen molar-refractivity contribution >= 4 is 27.5 Å². The molecule has 0 unspecified atom stereocenters. The van der Waals surface area contributed by atoms with Gasteiger partial charge in [0.15, 0.2) is 16.3 Å². The van der Waals surface area contributed by atoms with Crippen LogP contribution in [0.4, 0.5) is 0 Å². The zero-order valence-electron chi connectivity index (χ0n) is 16.3. The van der Waals surface area contributed by atoms with E-state index in [-0.39, 0.29) is 12.5 Å². The molecule has 0 radical (unpaired) electrons. The first-order chi connectivity index (χ1) is 14.2. The van der Waals surface area contributed by atoms with E-state index >= 15 is 0 Å². The monoisotopic (exact) mass is 414 g/mol. The smallest absolute Gasteiger partial charge is 0.292 e. The molecule has 1 aliphatic rings. The van der Waals surface area contributed by atoms with Crippen LogP contribution in [0, 0.1) is 0 Å². The van der Waals surface area contributed by atoms with E-state index in [0.717, 1.165) is 16.0 Å². The van der Waals surface area contributed by atoms with Crippen molar-refractivity contribution in [2.45, 2.75) is 19.6 Å². The van der Waals surface area contributed by atoms with Gasteiger partial charge in [-0.2, -0.15) is 4.99 Å². The molecule has 4 rings (SSSR count). The molecule has 29 heavy (non-hydrogen) atoms. The highest BCUT2D eigenvalue weighted by atomic mass is 32.1. The van der Waals surface area contributed by atoms with Crippen LogP contribution in [0.2, 0.25) is 0 Å². The molecule has 0 saturated heterocycles. The first-order valence-electron chi connectivity index (χ1n) is 9.41. The van der Waals surface area contributed by atoms with Crippen molar-refractivity contribution in [2.24, 2.45) is 4.99 Å². The Kier molecular flexibility index (Phi) is 5.82. The molecule has 8 heteroatoms. The molecule has 1 atom stereocenters. The molecule has 0 saturated carbocycles. The van der Waals surface area contributed by atoms with Crippen LogP contribution in [0.1, 0.15) is 6.92 Å². The fourth-order valence-electron chi connectivity index (χ4n) is 3.09. The summed E-state index contributed by atoms with van der Waals surface area (Å²) in [5, 5.41) is 0. The number of ether oxygens (including phenoxy) is 4. The molecule has 0 N–H and O–H groups in total. The standard InChI is InChI=1S/C21H22N2O5S/c1-3-26-11-10-23-15-9-8-14(25-2)12-19(15)29-21(23)22-20(24)18-13-27-16-6-4-5-7-17(16)28-18/h4-9,12,18H,3,10-11,13H2,1-2H3/t18-/m0/s1. The summed E-state index contributed by atoms with van der Waals surface area (Å²) in [5.74, 6) is 1.58. The van der Waals surface area contributed by atoms with E-state index in [4.69, 9.17) is 18.9 Å². The third kappa shape index (κ3) is 4.13. The summed E-state index contributed by atoms with van der Waals surface area (Å²) in [6.45, 7) is 3.85. The van der Waals surface area contributed by atoms with Crippen molar-refractivity contribution < 1.29 is 23.7 Å². The summed E-state index contributed by atoms with van der Waals surface area (Å²) in [5.41, 5.74) is 0.980. The van der Waals surface area contributed by atoms with Gasteiger partial charge in [-0.1, -0.05) is 23.5 Å². The number of carbonyl (C=O) groups is 1. The Bertz CT molecular complexity index is 1090. The first kappa shape index (κ1) is 19.5. The maximum Gasteiger partial charge on any atom is 0.292 e. The second-order valence-electron chi connectivity index (χ2n) is 6.38. The summed E-state index contributed by atoms with van der Waals surface area (Å²) in [6.07, 6.45) is -0.773. The fourth-order valence-corrected chi connectivity index (χ4v) is 4.18. The number of methoxy groups -OCH3 is 1. The van der Waals surface area contributed by atoms with Gasteiger partial charge in [-0.3, -0.25) is 4.79 Å². The number of rotatable bonds is 6. The van der Waals surface area contributed by atoms with Gasteiger partial charge in [0.1, 0.15) is 12.4 Å². The van der Waals surface area contributed by atoms with Gasteiger partial charge in [-0.05, 0) is 37.3 Å². The molecule has 0 spiro atoms. The van der Waals surface area contributed by atoms with E-state index in [0.29, 0.717) is 36.1 Å². The zero-order valence-corrected chi connectivity index (χ0v) is 17.1. The van der Waals surface area contributed by atoms with Crippen LogP contribution in [-0.4, -0.2) is 43.5 Å². The van der Waals surface area contributed by atoms with E-state index in [9.17, 15) is 4.79 Å². The normalized spacial score (nSPS) is 16.2. The highest BCUT2D eigenvalue weighted by Crippen LogP contribution is 2.31. The molecule has 2 heterocycles. The Labute approximate surface area is 172 Å². The molecular weight excluding hydrogens is 392 g/mol. The van der Waals surface area contributed by atoms with Crippen molar-refractivity contribution in [3.63, 3.8) is 0 Å². The van der Waals surface area contributed by atoms with Crippen LogP contribution in [0.15, 0.2) is 47.5 Å². The molecule has 0 fully saturated rings. The average Bonchev–Trinajstić information content (AvgIpc) is 3.09. The van der Waals surface area contributed by atoms with Crippen LogP contribution in [-0.2, 0) is 16.1 Å². The molecule has 1 amide bonds. The van der Waals surface area contributed by atoms with Crippen LogP contribution >= 0.6 is 11.3 Å². The van der Waals surface area contributed by atoms with Crippen molar-refractivity contribution in [2.75, 3.05) is 26.9 Å². The number of nitrogens with zero attached hydrogens (tertiary/aromatic N) is 2. The number of hydrogen-bond donors (Lipinski definition) is 0. The van der Waals surface area contributed by atoms with Crippen LogP contribution in [0.25, 0.3) is 10.2 Å². The number of aromatic nitrogens is 1. The summed E-state index contributed by atoms with van der Waals surface area (Å²) >= 11 is 1.43. The van der Waals surface area contributed by atoms with E-state index in [1.807, 2.05) is 47.9 Å². The summed E-state index contributed by atoms with van der Waals surface area (Å²) in [4.78, 5) is 17.8. The number of amides is 1. The summed E-state index contributed by atoms with van der Waals surface area (Å²) in [7, 11) is 1.63. The summed E-state index contributed by atoms with van der Waals surface area (Å²) in [6, 6.07) is 13.1. The van der Waals surface area contributed by atoms with Gasteiger partial charge in [0.25, 0.3) is 5.91 Å². The number of para-hydroxylation sites is 2. The minimum atomic E-state index is -0.773. The largest absolute Gasteiger partial charge is 0.497 e. The Morgan fingerprint density at radius 1 is 1.28 bits per heavy atom. The van der Waals surface area contributed by atoms with Crippen molar-refractivity contribution in [1.82, 2.24) is 4.57 Å². The molecule has 3 aromatic rings. The Hall–Kier alpha value is -2.84. The molecule has 152 valence electrons. The van der Waals surface area contributed by atoms with Gasteiger partial charge < -0.3 is 23.5 Å². The van der Waals surface area contributed by atoms with Crippen molar-refractivity contribution in [1.29, 1.82) is 0 Å². The zero-order chi connectivity index (χ0) is 20.2. The Morgan fingerprint density at radius 3 is 2.90 bits per heavy atom. The van der Waals surface area contributed by atoms with Crippen LogP contribution in [0.3, 0.4) is 0 Å². The topological polar surface area (TPSA) is 71.3 Å². The third-order valence-corrected chi connectivity index (χ3v) is 5.58. The van der Waals surface area contributed by atoms with Crippen LogP contribution < -0.4 is 19.0 Å². The quantitative estimate of drug-likeness (QED) is 0.580. The Balaban J connectivity index is 1.67. The van der Waals surface area contributed by atoms with Gasteiger partial charge in [0, 0.05) is 13.2 Å². The summed E-state index contributed by atoms with van der Waals surface area (Å²) < 4.78 is 25.2. The number of hydrogen-bond acceptors (Lipinski definition) is 6. The Morgan fingerprint density at radius 2 is 2.10 bits per heavy atom. The lowest BCUT2D eigenvalue weighted by Gasteiger charge is -2.23. The molecule has 2 aromatic carbocycles. The van der Waals surface area contributed by atoms with Gasteiger partial charge in [0.05, 0.1) is 23.9 Å². The van der Waals surface area contributed by atoms with Gasteiger partial charge >= 0.3 is 0 Å². The fraction of sp³-hybridized carbons (Fsp3) is 0.333. The van der Waals surface area contributed by atoms with E-state index < -0.39 is 6.10 Å². The number of thiazole rings is 1. The number of fused-ring (bicyclic) bond motifs is 2. The minimum absolute atomic E-state index is 0.136. The maximum absolute atomic E-state index is 12.8. The van der Waals surface area contributed by atoms with E-state index in [1.165, 1.54) is 11.3 Å². The molecule has 0 bridgehead atoms. The van der Waals surface area contributed by atoms with Crippen LogP contribution in [0.5, 0.6) is 17.2 Å². The van der Waals surface area contributed by atoms with E-state index in [1.54, 1.807) is 13.2 Å². The van der Waals surface area contributed by atoms with Gasteiger partial charge in [-0.15, -0.1) is 0 Å². The number of benzene rings is 2. The lowest BCUT2D eigenvalue weighted by Crippen LogP contribution is -2.37. The van der Waals surface area contributed by atoms with Gasteiger partial charge in [-0.25, -0.2) is 0 Å². The SMILES string of the molecule is CCOCCn1c(=NC(=O)[C@@H]2COc3ccccc3O2)sc2cc(OC)ccc21. The second-order valence-corrected chi connectivity index (χ2v) is 7.39. The molecule has 7 nitrogen and oxygen atoms in total. The highest BCUT2D eigenvalue weighted by molar-refractivity contribution is 7.16. The first-order valence-corrected chi connectivity index (χ1v) is 10.2. The maximum atomic E-state index is 12.8. The lowest BCUT2D eigenvalue weighted by atomic mass is 10.2. The second kappa shape index (κ2) is 8.67. The predicted octanol–water partition coefficient (Wildman–Crippen LogP) is 3.02. The molecule has 1 aliphatic heterocycles. The van der Waals surface area contributed by atoms with Crippen molar-refractivity contribution in [3.05, 3.63) is 47.3 Å². The van der Waals surface area contributed by atoms with Gasteiger partial charge in [0.2, 0.25) is 6.10 Å². The average molecular weight is 414 g/mol. The number of carbonyl (C=O) groups excluding carboxylic acids is 1. The van der Waals surface area contributed by atoms with E-state index in [2.05, 4.69) is 4.99 Å². The molecule has 1 aromatic heterocycles. The predicted molar refractivity (Wildman–Crippen MR) is 110 cm³/mol. The lowest BCUT2D eigenvalue weighted by molar-refractivity contribution is -0.127. The molecular formula is C21H22N2O5S. The molecule has 0 aliphatic carbocycles. The highest BCUT2D eigenvalue weighted by Gasteiger charge is 2.27. The third-order valence-electron chi connectivity index (χ3n) is 4.54.